The predicted molar refractivity (Wildman–Crippen MR) is 47.1 cm³/mol. The highest BCUT2D eigenvalue weighted by Crippen LogP contribution is 2.34. The molecule has 1 aliphatic rings. The molecule has 2 heterocycles. The molecule has 1 atom stereocenters. The van der Waals surface area contributed by atoms with Crippen LogP contribution in [0.5, 0.6) is 0 Å². The number of aryl methyl sites for hydroxylation is 1. The quantitative estimate of drug-likeness (QED) is 0.623. The molecule has 1 aliphatic heterocycles. The lowest BCUT2D eigenvalue weighted by Crippen LogP contribution is -1.97. The normalized spacial score (nSPS) is 22.8. The minimum Gasteiger partial charge on any atom is -0.457 e. The van der Waals surface area contributed by atoms with Crippen LogP contribution in [0.3, 0.4) is 0 Å². The smallest absolute Gasteiger partial charge is 0.306 e. The van der Waals surface area contributed by atoms with Crippen LogP contribution < -0.4 is 0 Å². The summed E-state index contributed by atoms with van der Waals surface area (Å²) in [6, 6.07) is 2.06. The second kappa shape index (κ2) is 2.90. The fraction of sp³-hybridized carbons (Fsp3) is 0.444. The van der Waals surface area contributed by atoms with Gasteiger partial charge in [0.25, 0.3) is 0 Å². The molecule has 0 bridgehead atoms. The molecule has 0 aliphatic carbocycles. The second-order valence-corrected chi connectivity index (χ2v) is 3.93. The number of esters is 1. The Bertz CT molecular complexity index is 303. The van der Waals surface area contributed by atoms with Crippen LogP contribution in [0.15, 0.2) is 11.4 Å². The van der Waals surface area contributed by atoms with Crippen LogP contribution in [0, 0.1) is 6.92 Å². The zero-order valence-electron chi connectivity index (χ0n) is 6.87. The number of hydrogen-bond acceptors (Lipinski definition) is 3. The molecule has 0 amide bonds. The molecule has 64 valence electrons. The molecule has 0 N–H and O–H groups in total. The van der Waals surface area contributed by atoms with Gasteiger partial charge in [0.1, 0.15) is 6.10 Å². The number of carbonyl (C=O) groups excluding carboxylic acids is 1. The van der Waals surface area contributed by atoms with Crippen LogP contribution in [0.1, 0.15) is 29.4 Å². The highest BCUT2D eigenvalue weighted by atomic mass is 32.1. The Balaban J connectivity index is 2.21. The molecule has 1 unspecified atom stereocenters. The first kappa shape index (κ1) is 7.80. The van der Waals surface area contributed by atoms with E-state index in [1.165, 1.54) is 10.4 Å². The van der Waals surface area contributed by atoms with E-state index in [0.717, 1.165) is 6.42 Å². The van der Waals surface area contributed by atoms with E-state index in [1.807, 2.05) is 5.38 Å². The maximum atomic E-state index is 10.8. The maximum absolute atomic E-state index is 10.8. The Labute approximate surface area is 75.2 Å². The summed E-state index contributed by atoms with van der Waals surface area (Å²) in [5.74, 6) is -0.0622. The Hall–Kier alpha value is -0.830. The van der Waals surface area contributed by atoms with Crippen molar-refractivity contribution in [2.75, 3.05) is 0 Å². The standard InChI is InChI=1S/C9H10O2S/c1-6-4-5-12-9(6)7-2-3-8(10)11-7/h4-5,7H,2-3H2,1H3. The molecule has 2 nitrogen and oxygen atoms in total. The van der Waals surface area contributed by atoms with E-state index in [2.05, 4.69) is 13.0 Å². The third kappa shape index (κ3) is 1.25. The van der Waals surface area contributed by atoms with E-state index in [9.17, 15) is 4.79 Å². The van der Waals surface area contributed by atoms with Crippen molar-refractivity contribution in [3.63, 3.8) is 0 Å². The number of rotatable bonds is 1. The van der Waals surface area contributed by atoms with Gasteiger partial charge in [-0.2, -0.15) is 0 Å². The lowest BCUT2D eigenvalue weighted by atomic mass is 10.1. The zero-order valence-corrected chi connectivity index (χ0v) is 7.69. The molecular weight excluding hydrogens is 172 g/mol. The van der Waals surface area contributed by atoms with Gasteiger partial charge in [0, 0.05) is 11.3 Å². The molecular formula is C9H10O2S. The average molecular weight is 182 g/mol. The second-order valence-electron chi connectivity index (χ2n) is 2.99. The Morgan fingerprint density at radius 3 is 3.00 bits per heavy atom. The van der Waals surface area contributed by atoms with Gasteiger partial charge in [-0.3, -0.25) is 4.79 Å². The first-order chi connectivity index (χ1) is 5.77. The predicted octanol–water partition coefficient (Wildman–Crippen LogP) is 2.43. The van der Waals surface area contributed by atoms with Gasteiger partial charge in [0.2, 0.25) is 0 Å². The third-order valence-electron chi connectivity index (χ3n) is 2.08. The monoisotopic (exact) mass is 182 g/mol. The molecule has 1 fully saturated rings. The SMILES string of the molecule is Cc1ccsc1C1CCC(=O)O1. The Kier molecular flexibility index (Phi) is 1.89. The van der Waals surface area contributed by atoms with Crippen molar-refractivity contribution in [1.82, 2.24) is 0 Å². The van der Waals surface area contributed by atoms with E-state index < -0.39 is 0 Å². The molecule has 1 aromatic rings. The molecule has 0 radical (unpaired) electrons. The van der Waals surface area contributed by atoms with Crippen LogP contribution in [0.25, 0.3) is 0 Å². The summed E-state index contributed by atoms with van der Waals surface area (Å²) in [5.41, 5.74) is 1.24. The highest BCUT2D eigenvalue weighted by molar-refractivity contribution is 7.10. The zero-order chi connectivity index (χ0) is 8.55. The summed E-state index contributed by atoms with van der Waals surface area (Å²) in [6.07, 6.45) is 1.46. The number of ether oxygens (including phenoxy) is 1. The van der Waals surface area contributed by atoms with Crippen LogP contribution >= 0.6 is 11.3 Å². The van der Waals surface area contributed by atoms with Crippen molar-refractivity contribution < 1.29 is 9.53 Å². The number of thiophene rings is 1. The van der Waals surface area contributed by atoms with Gasteiger partial charge in [0.05, 0.1) is 0 Å². The van der Waals surface area contributed by atoms with E-state index in [1.54, 1.807) is 11.3 Å². The summed E-state index contributed by atoms with van der Waals surface area (Å²) in [4.78, 5) is 12.1. The number of carbonyl (C=O) groups is 1. The lowest BCUT2D eigenvalue weighted by molar-refractivity contribution is -0.141. The van der Waals surface area contributed by atoms with Crippen molar-refractivity contribution in [2.24, 2.45) is 0 Å². The Morgan fingerprint density at radius 1 is 1.67 bits per heavy atom. The topological polar surface area (TPSA) is 26.3 Å². The van der Waals surface area contributed by atoms with E-state index >= 15 is 0 Å². The van der Waals surface area contributed by atoms with Crippen molar-refractivity contribution in [1.29, 1.82) is 0 Å². The van der Waals surface area contributed by atoms with Crippen molar-refractivity contribution >= 4 is 17.3 Å². The van der Waals surface area contributed by atoms with Crippen LogP contribution in [-0.2, 0) is 9.53 Å². The van der Waals surface area contributed by atoms with E-state index in [0.29, 0.717) is 6.42 Å². The largest absolute Gasteiger partial charge is 0.457 e. The summed E-state index contributed by atoms with van der Waals surface area (Å²) in [5, 5.41) is 2.04. The van der Waals surface area contributed by atoms with E-state index in [-0.39, 0.29) is 12.1 Å². The number of cyclic esters (lactones) is 1. The van der Waals surface area contributed by atoms with Gasteiger partial charge in [0.15, 0.2) is 0 Å². The van der Waals surface area contributed by atoms with Crippen LogP contribution in [-0.4, -0.2) is 5.97 Å². The summed E-state index contributed by atoms with van der Waals surface area (Å²) >= 11 is 1.67. The van der Waals surface area contributed by atoms with Gasteiger partial charge in [-0.25, -0.2) is 0 Å². The van der Waals surface area contributed by atoms with E-state index in [4.69, 9.17) is 4.74 Å². The summed E-state index contributed by atoms with van der Waals surface area (Å²) < 4.78 is 5.16. The lowest BCUT2D eigenvalue weighted by Gasteiger charge is -2.06. The molecule has 0 spiro atoms. The fourth-order valence-electron chi connectivity index (χ4n) is 1.42. The van der Waals surface area contributed by atoms with Crippen molar-refractivity contribution in [3.05, 3.63) is 21.9 Å². The molecule has 12 heavy (non-hydrogen) atoms. The van der Waals surface area contributed by atoms with Gasteiger partial charge < -0.3 is 4.74 Å². The molecule has 1 saturated heterocycles. The minimum absolute atomic E-state index is 0.0394. The molecule has 1 aromatic heterocycles. The van der Waals surface area contributed by atoms with Gasteiger partial charge in [-0.1, -0.05) is 0 Å². The van der Waals surface area contributed by atoms with Gasteiger partial charge in [-0.05, 0) is 30.4 Å². The fourth-order valence-corrected chi connectivity index (χ4v) is 2.41. The Morgan fingerprint density at radius 2 is 2.50 bits per heavy atom. The molecule has 0 saturated carbocycles. The maximum Gasteiger partial charge on any atom is 0.306 e. The highest BCUT2D eigenvalue weighted by Gasteiger charge is 2.26. The molecule has 2 rings (SSSR count). The van der Waals surface area contributed by atoms with Gasteiger partial charge >= 0.3 is 5.97 Å². The molecule has 3 heteroatoms. The van der Waals surface area contributed by atoms with Crippen LogP contribution in [0.4, 0.5) is 0 Å². The van der Waals surface area contributed by atoms with Crippen LogP contribution in [0.2, 0.25) is 0 Å². The minimum atomic E-state index is -0.0622. The average Bonchev–Trinajstić information content (AvgIpc) is 2.58. The summed E-state index contributed by atoms with van der Waals surface area (Å²) in [6.45, 7) is 2.05. The van der Waals surface area contributed by atoms with Gasteiger partial charge in [-0.15, -0.1) is 11.3 Å². The first-order valence-corrected chi connectivity index (χ1v) is 4.89. The summed E-state index contributed by atoms with van der Waals surface area (Å²) in [7, 11) is 0. The van der Waals surface area contributed by atoms with Crippen molar-refractivity contribution in [3.8, 4) is 0 Å². The molecule has 0 aromatic carbocycles. The van der Waals surface area contributed by atoms with Crippen molar-refractivity contribution in [2.45, 2.75) is 25.9 Å². The number of hydrogen-bond donors (Lipinski definition) is 0. The third-order valence-corrected chi connectivity index (χ3v) is 3.19. The first-order valence-electron chi connectivity index (χ1n) is 4.01.